The first kappa shape index (κ1) is 15.0. The first-order valence-electron chi connectivity index (χ1n) is 6.55. The Bertz CT molecular complexity index is 297. The Kier molecular flexibility index (Phi) is 3.73. The lowest BCUT2D eigenvalue weighted by Gasteiger charge is -2.59. The lowest BCUT2D eigenvalue weighted by atomic mass is 11.0. The Hall–Kier alpha value is 0.954. The van der Waals surface area contributed by atoms with Gasteiger partial charge in [0.1, 0.15) is 0 Å². The molecule has 1 aliphatic heterocycles. The van der Waals surface area contributed by atoms with Crippen LogP contribution in [0.5, 0.6) is 0 Å². The van der Waals surface area contributed by atoms with Crippen molar-refractivity contribution >= 4 is 42.5 Å². The van der Waals surface area contributed by atoms with Crippen LogP contribution >= 0.6 is 0 Å². The molecule has 0 aliphatic carbocycles. The first-order chi connectivity index (χ1) is 6.84. The lowest BCUT2D eigenvalue weighted by Crippen LogP contribution is -2.85. The molecule has 0 aromatic carbocycles. The highest BCUT2D eigenvalue weighted by Crippen LogP contribution is 2.39. The topological polar surface area (TPSA) is 0 Å². The maximum atomic E-state index is 2.85. The van der Waals surface area contributed by atoms with E-state index in [0.717, 1.165) is 0 Å². The fraction of sp³-hybridized carbons (Fsp3) is 0.909. The summed E-state index contributed by atoms with van der Waals surface area (Å²) in [5.41, 5.74) is 2.85. The summed E-state index contributed by atoms with van der Waals surface area (Å²) >= 11 is 0. The van der Waals surface area contributed by atoms with Gasteiger partial charge >= 0.3 is 0 Å². The summed E-state index contributed by atoms with van der Waals surface area (Å²) < 4.78 is 0. The predicted molar refractivity (Wildman–Crippen MR) is 92.4 cm³/mol. The molecule has 1 aliphatic rings. The van der Waals surface area contributed by atoms with Gasteiger partial charge in [0.05, 0.1) is 14.2 Å². The largest absolute Gasteiger partial charge is 0.112 e. The van der Waals surface area contributed by atoms with Gasteiger partial charge in [-0.15, -0.1) is 5.67 Å². The van der Waals surface area contributed by atoms with Crippen LogP contribution in [0.15, 0.2) is 0 Å². The zero-order valence-electron chi connectivity index (χ0n) is 12.8. The van der Waals surface area contributed by atoms with Crippen molar-refractivity contribution in [1.29, 1.82) is 0 Å². The van der Waals surface area contributed by atoms with Crippen LogP contribution in [0.25, 0.3) is 0 Å². The Morgan fingerprint density at radius 3 is 1.25 bits per heavy atom. The van der Waals surface area contributed by atoms with Gasteiger partial charge < -0.3 is 0 Å². The van der Waals surface area contributed by atoms with Crippen LogP contribution in [-0.4, -0.2) is 42.5 Å². The van der Waals surface area contributed by atoms with Crippen LogP contribution in [0, 0.1) is 0 Å². The van der Waals surface area contributed by atoms with Crippen LogP contribution in [0.1, 0.15) is 0 Å². The van der Waals surface area contributed by atoms with Gasteiger partial charge in [-0.1, -0.05) is 58.9 Å². The van der Waals surface area contributed by atoms with Gasteiger partial charge in [-0.25, -0.2) is 0 Å². The van der Waals surface area contributed by atoms with Crippen molar-refractivity contribution in [2.75, 3.05) is 0 Å². The summed E-state index contributed by atoms with van der Waals surface area (Å²) in [6.45, 7) is 23.4. The van der Waals surface area contributed by atoms with Crippen LogP contribution in [0.3, 0.4) is 0 Å². The summed E-state index contributed by atoms with van der Waals surface area (Å²) in [5.74, 6) is 0. The molecule has 0 atom stereocenters. The van der Waals surface area contributed by atoms with Crippen molar-refractivity contribution in [1.82, 2.24) is 0 Å². The fourth-order valence-corrected chi connectivity index (χ4v) is 127. The van der Waals surface area contributed by atoms with Crippen LogP contribution in [0.2, 0.25) is 65.0 Å². The molecule has 1 heterocycles. The van der Waals surface area contributed by atoms with E-state index in [2.05, 4.69) is 64.6 Å². The van der Waals surface area contributed by atoms with Gasteiger partial charge in [-0.05, 0) is 13.5 Å². The molecule has 0 saturated heterocycles. The van der Waals surface area contributed by atoms with Gasteiger partial charge in [0.25, 0.3) is 0 Å². The smallest absolute Gasteiger partial charge is 0.0530 e. The van der Waals surface area contributed by atoms with E-state index < -0.39 is 29.4 Å². The van der Waals surface area contributed by atoms with Crippen molar-refractivity contribution in [3.05, 3.63) is 0 Å². The van der Waals surface area contributed by atoms with Gasteiger partial charge in [0.2, 0.25) is 0 Å². The standard InChI is InChI=1S/C11H30Si5/c1-13(2,3)12-10-11-16(12,14(4,5)6)15(7,8)9/h10H,11H2,1-9H3. The Morgan fingerprint density at radius 2 is 1.19 bits per heavy atom. The second-order valence-electron chi connectivity index (χ2n) is 8.48. The van der Waals surface area contributed by atoms with Gasteiger partial charge in [-0.2, -0.15) is 0 Å². The lowest BCUT2D eigenvalue weighted by molar-refractivity contribution is 1.71. The highest BCUT2D eigenvalue weighted by Gasteiger charge is 2.61. The molecule has 0 aromatic heterocycles. The third-order valence-corrected chi connectivity index (χ3v) is 86.9. The Morgan fingerprint density at radius 1 is 0.812 bits per heavy atom. The summed E-state index contributed by atoms with van der Waals surface area (Å²) in [7, 11) is -2.62. The summed E-state index contributed by atoms with van der Waals surface area (Å²) in [4.78, 5) is 0. The molecule has 0 bridgehead atoms. The van der Waals surface area contributed by atoms with E-state index in [4.69, 9.17) is 0 Å². The zero-order valence-corrected chi connectivity index (χ0v) is 17.8. The highest BCUT2D eigenvalue weighted by atomic mass is 30.0. The van der Waals surface area contributed by atoms with E-state index in [-0.39, 0.29) is 7.44 Å². The fourth-order valence-electron chi connectivity index (χ4n) is 3.90. The Labute approximate surface area is 107 Å². The molecule has 0 spiro atoms. The van der Waals surface area contributed by atoms with E-state index in [1.54, 1.807) is 6.04 Å². The maximum Gasteiger partial charge on any atom is 0.0530 e. The number of hydrogen-bond donors (Lipinski definition) is 0. The summed E-state index contributed by atoms with van der Waals surface area (Å²) in [6, 6.07) is 1.62. The molecular weight excluding hydrogens is 273 g/mol. The molecule has 0 radical (unpaired) electrons. The molecule has 5 heteroatoms. The second kappa shape index (κ2) is 3.98. The van der Waals surface area contributed by atoms with Crippen molar-refractivity contribution in [2.45, 2.75) is 65.0 Å². The van der Waals surface area contributed by atoms with Gasteiger partial charge in [0.15, 0.2) is 0 Å². The number of hydrogen-bond acceptors (Lipinski definition) is 0. The molecule has 0 N–H and O–H groups in total. The predicted octanol–water partition coefficient (Wildman–Crippen LogP) is 3.66. The van der Waals surface area contributed by atoms with Gasteiger partial charge in [0, 0.05) is 15.2 Å². The number of rotatable bonds is 3. The van der Waals surface area contributed by atoms with E-state index >= 15 is 0 Å². The molecule has 0 unspecified atom stereocenters. The quantitative estimate of drug-likeness (QED) is 0.698. The molecule has 16 heavy (non-hydrogen) atoms. The summed E-state index contributed by atoms with van der Waals surface area (Å²) in [6.07, 6.45) is 0. The molecule has 0 aromatic rings. The molecule has 0 fully saturated rings. The minimum absolute atomic E-state index is 0.000000000000000111. The van der Waals surface area contributed by atoms with E-state index in [1.807, 2.05) is 0 Å². The monoisotopic (exact) mass is 302 g/mol. The van der Waals surface area contributed by atoms with Crippen LogP contribution < -0.4 is 0 Å². The van der Waals surface area contributed by atoms with Crippen molar-refractivity contribution < 1.29 is 0 Å². The van der Waals surface area contributed by atoms with Gasteiger partial charge in [-0.3, -0.25) is 0 Å². The third kappa shape index (κ3) is 2.13. The molecule has 0 amide bonds. The normalized spacial score (nSPS) is 21.4. The van der Waals surface area contributed by atoms with E-state index in [9.17, 15) is 0 Å². The van der Waals surface area contributed by atoms with Crippen LogP contribution in [-0.2, 0) is 0 Å². The van der Waals surface area contributed by atoms with Crippen molar-refractivity contribution in [3.8, 4) is 0 Å². The van der Waals surface area contributed by atoms with Crippen molar-refractivity contribution in [2.24, 2.45) is 0 Å². The minimum atomic E-state index is -0.883. The second-order valence-corrected chi connectivity index (χ2v) is 55.8. The average molecular weight is 303 g/mol. The molecule has 1 rings (SSSR count). The molecule has 0 nitrogen and oxygen atoms in total. The molecule has 0 saturated carbocycles. The minimum Gasteiger partial charge on any atom is -0.112 e. The first-order valence-corrected chi connectivity index (χ1v) is 24.8. The maximum absolute atomic E-state index is 2.85. The third-order valence-electron chi connectivity index (χ3n) is 4.44. The van der Waals surface area contributed by atoms with E-state index in [1.165, 1.54) is 0 Å². The average Bonchev–Trinajstić information content (AvgIpc) is 1.69. The molecular formula is C11H30Si5. The summed E-state index contributed by atoms with van der Waals surface area (Å²) in [5, 5.41) is 0. The highest BCUT2D eigenvalue weighted by molar-refractivity contribution is 7.96. The zero-order chi connectivity index (χ0) is 13.0. The van der Waals surface area contributed by atoms with Crippen molar-refractivity contribution in [3.63, 3.8) is 0 Å². The van der Waals surface area contributed by atoms with Crippen LogP contribution in [0.4, 0.5) is 0 Å². The SMILES string of the molecule is C[Si](C)(C)[Si]1=CC[Si]1([Si](C)(C)C)[Si](C)(C)C. The van der Waals surface area contributed by atoms with E-state index in [0.29, 0.717) is 0 Å². The molecule has 94 valence electrons. The Balaban J connectivity index is 3.30.